The van der Waals surface area contributed by atoms with Crippen LogP contribution in [0.15, 0.2) is 0 Å². The molecule has 0 atom stereocenters. The van der Waals surface area contributed by atoms with Crippen LogP contribution in [0, 0.1) is 0 Å². The normalized spacial score (nSPS) is 12.0. The van der Waals surface area contributed by atoms with Crippen LogP contribution in [-0.4, -0.2) is 50.2 Å². The van der Waals surface area contributed by atoms with Gasteiger partial charge in [-0.25, -0.2) is 0 Å². The van der Waals surface area contributed by atoms with Crippen molar-refractivity contribution < 1.29 is 0 Å². The minimum atomic E-state index is 0.713. The van der Waals surface area contributed by atoms with Crippen LogP contribution in [0.1, 0.15) is 66.2 Å². The maximum absolute atomic E-state index is 3.63. The van der Waals surface area contributed by atoms with Crippen LogP contribution < -0.4 is 10.6 Å². The van der Waals surface area contributed by atoms with Crippen molar-refractivity contribution >= 4 is 0 Å². The molecule has 0 spiro atoms. The third-order valence-corrected chi connectivity index (χ3v) is 4.27. The number of hydrogen-bond donors (Lipinski definition) is 2. The fourth-order valence-electron chi connectivity index (χ4n) is 2.58. The fraction of sp³-hybridized carbons (Fsp3) is 1.00. The average molecular weight is 286 g/mol. The summed E-state index contributed by atoms with van der Waals surface area (Å²) >= 11 is 0. The molecule has 3 nitrogen and oxygen atoms in total. The summed E-state index contributed by atoms with van der Waals surface area (Å²) in [6, 6.07) is 1.43. The lowest BCUT2D eigenvalue weighted by Crippen LogP contribution is -2.33. The molecule has 0 aromatic carbocycles. The van der Waals surface area contributed by atoms with E-state index < -0.39 is 0 Å². The van der Waals surface area contributed by atoms with Gasteiger partial charge in [-0.05, 0) is 71.8 Å². The Bertz CT molecular complexity index is 169. The summed E-state index contributed by atoms with van der Waals surface area (Å²) in [5.74, 6) is 0. The number of nitrogens with one attached hydrogen (secondary N) is 2. The first-order valence-corrected chi connectivity index (χ1v) is 8.83. The van der Waals surface area contributed by atoms with E-state index in [2.05, 4.69) is 50.3 Å². The Hall–Kier alpha value is -0.120. The Labute approximate surface area is 127 Å². The molecular formula is C17H39N3. The zero-order valence-electron chi connectivity index (χ0n) is 14.7. The molecule has 0 amide bonds. The number of hydrogen-bond acceptors (Lipinski definition) is 3. The van der Waals surface area contributed by atoms with Crippen LogP contribution in [-0.2, 0) is 0 Å². The highest BCUT2D eigenvalue weighted by Gasteiger charge is 2.04. The summed E-state index contributed by atoms with van der Waals surface area (Å²) in [5, 5.41) is 7.27. The van der Waals surface area contributed by atoms with Crippen molar-refractivity contribution in [3.05, 3.63) is 0 Å². The van der Waals surface area contributed by atoms with E-state index in [4.69, 9.17) is 0 Å². The summed E-state index contributed by atoms with van der Waals surface area (Å²) in [5.41, 5.74) is 0. The molecular weight excluding hydrogens is 246 g/mol. The first-order chi connectivity index (χ1) is 9.67. The smallest absolute Gasteiger partial charge is 0.00618 e. The number of nitrogens with zero attached hydrogens (tertiary/aromatic N) is 1. The zero-order valence-corrected chi connectivity index (χ0v) is 14.7. The average Bonchev–Trinajstić information content (AvgIpc) is 2.47. The predicted molar refractivity (Wildman–Crippen MR) is 91.5 cm³/mol. The van der Waals surface area contributed by atoms with Crippen molar-refractivity contribution in [3.63, 3.8) is 0 Å². The standard InChI is InChI=1S/C17H39N3/c1-6-16(7-2)18-12-10-14-20(5)15-11-13-19-17(8-3)9-4/h16-19H,6-15H2,1-5H3. The van der Waals surface area contributed by atoms with Crippen molar-refractivity contribution in [2.75, 3.05) is 33.2 Å². The minimum absolute atomic E-state index is 0.713. The molecule has 0 aliphatic carbocycles. The van der Waals surface area contributed by atoms with Gasteiger partial charge >= 0.3 is 0 Å². The second-order valence-corrected chi connectivity index (χ2v) is 5.95. The van der Waals surface area contributed by atoms with Gasteiger partial charge in [-0.3, -0.25) is 0 Å². The van der Waals surface area contributed by atoms with Gasteiger partial charge in [0.05, 0.1) is 0 Å². The van der Waals surface area contributed by atoms with Gasteiger partial charge in [0, 0.05) is 12.1 Å². The summed E-state index contributed by atoms with van der Waals surface area (Å²) < 4.78 is 0. The van der Waals surface area contributed by atoms with Crippen molar-refractivity contribution in [1.82, 2.24) is 15.5 Å². The highest BCUT2D eigenvalue weighted by molar-refractivity contribution is 4.65. The lowest BCUT2D eigenvalue weighted by molar-refractivity contribution is 0.312. The monoisotopic (exact) mass is 285 g/mol. The van der Waals surface area contributed by atoms with Gasteiger partial charge in [0.2, 0.25) is 0 Å². The molecule has 0 fully saturated rings. The van der Waals surface area contributed by atoms with Gasteiger partial charge < -0.3 is 15.5 Å². The highest BCUT2D eigenvalue weighted by Crippen LogP contribution is 1.98. The molecule has 122 valence electrons. The first kappa shape index (κ1) is 19.9. The minimum Gasteiger partial charge on any atom is -0.314 e. The highest BCUT2D eigenvalue weighted by atomic mass is 15.1. The summed E-state index contributed by atoms with van der Waals surface area (Å²) in [6.07, 6.45) is 7.49. The molecule has 0 bridgehead atoms. The summed E-state index contributed by atoms with van der Waals surface area (Å²) in [6.45, 7) is 13.8. The van der Waals surface area contributed by atoms with E-state index >= 15 is 0 Å². The third-order valence-electron chi connectivity index (χ3n) is 4.27. The molecule has 0 saturated carbocycles. The molecule has 0 radical (unpaired) electrons. The van der Waals surface area contributed by atoms with Crippen molar-refractivity contribution in [3.8, 4) is 0 Å². The summed E-state index contributed by atoms with van der Waals surface area (Å²) in [4.78, 5) is 2.46. The molecule has 20 heavy (non-hydrogen) atoms. The lowest BCUT2D eigenvalue weighted by Gasteiger charge is -2.20. The molecule has 0 heterocycles. The molecule has 0 aromatic heterocycles. The maximum Gasteiger partial charge on any atom is 0.00618 e. The fourth-order valence-corrected chi connectivity index (χ4v) is 2.58. The topological polar surface area (TPSA) is 27.3 Å². The Morgan fingerprint density at radius 2 is 1.05 bits per heavy atom. The van der Waals surface area contributed by atoms with Gasteiger partial charge in [-0.1, -0.05) is 27.7 Å². The second-order valence-electron chi connectivity index (χ2n) is 5.95. The summed E-state index contributed by atoms with van der Waals surface area (Å²) in [7, 11) is 2.24. The van der Waals surface area contributed by atoms with Gasteiger partial charge in [-0.2, -0.15) is 0 Å². The Morgan fingerprint density at radius 3 is 1.35 bits per heavy atom. The molecule has 0 unspecified atom stereocenters. The van der Waals surface area contributed by atoms with Crippen molar-refractivity contribution in [2.24, 2.45) is 0 Å². The third kappa shape index (κ3) is 10.6. The Kier molecular flexibility index (Phi) is 13.8. The molecule has 2 N–H and O–H groups in total. The van der Waals surface area contributed by atoms with Crippen molar-refractivity contribution in [1.29, 1.82) is 0 Å². The zero-order chi connectivity index (χ0) is 15.2. The van der Waals surface area contributed by atoms with E-state index in [1.807, 2.05) is 0 Å². The van der Waals surface area contributed by atoms with E-state index in [0.717, 1.165) is 13.1 Å². The molecule has 0 saturated heterocycles. The van der Waals surface area contributed by atoms with E-state index in [1.165, 1.54) is 51.6 Å². The lowest BCUT2D eigenvalue weighted by atomic mass is 10.1. The second kappa shape index (κ2) is 13.8. The van der Waals surface area contributed by atoms with E-state index in [1.54, 1.807) is 0 Å². The number of rotatable bonds is 14. The van der Waals surface area contributed by atoms with Gasteiger partial charge in [0.15, 0.2) is 0 Å². The molecule has 0 rings (SSSR count). The Balaban J connectivity index is 3.43. The molecule has 3 heteroatoms. The van der Waals surface area contributed by atoms with Crippen LogP contribution in [0.25, 0.3) is 0 Å². The predicted octanol–water partition coefficient (Wildman–Crippen LogP) is 3.25. The molecule has 0 aromatic rings. The quantitative estimate of drug-likeness (QED) is 0.480. The van der Waals surface area contributed by atoms with Crippen LogP contribution in [0.3, 0.4) is 0 Å². The first-order valence-electron chi connectivity index (χ1n) is 8.83. The van der Waals surface area contributed by atoms with E-state index in [9.17, 15) is 0 Å². The van der Waals surface area contributed by atoms with Crippen LogP contribution in [0.2, 0.25) is 0 Å². The van der Waals surface area contributed by atoms with E-state index in [0.29, 0.717) is 12.1 Å². The SMILES string of the molecule is CCC(CC)NCCCN(C)CCCNC(CC)CC. The van der Waals surface area contributed by atoms with Crippen LogP contribution in [0.5, 0.6) is 0 Å². The van der Waals surface area contributed by atoms with Gasteiger partial charge in [0.1, 0.15) is 0 Å². The van der Waals surface area contributed by atoms with Gasteiger partial charge in [-0.15, -0.1) is 0 Å². The van der Waals surface area contributed by atoms with Gasteiger partial charge in [0.25, 0.3) is 0 Å². The van der Waals surface area contributed by atoms with Crippen LogP contribution in [0.4, 0.5) is 0 Å². The van der Waals surface area contributed by atoms with Crippen molar-refractivity contribution in [2.45, 2.75) is 78.3 Å². The molecule has 0 aliphatic heterocycles. The largest absolute Gasteiger partial charge is 0.314 e. The van der Waals surface area contributed by atoms with E-state index in [-0.39, 0.29) is 0 Å². The molecule has 0 aliphatic rings. The Morgan fingerprint density at radius 1 is 0.700 bits per heavy atom. The van der Waals surface area contributed by atoms with Crippen LogP contribution >= 0.6 is 0 Å². The maximum atomic E-state index is 3.63.